The molecule has 1 radical (unpaired) electrons. The molecule has 0 saturated carbocycles. The number of hydrogen-bond donors (Lipinski definition) is 0. The van der Waals surface area contributed by atoms with E-state index in [1.165, 1.54) is 51.4 Å². The minimum absolute atomic E-state index is 0. The third-order valence-electron chi connectivity index (χ3n) is 2.52. The van der Waals surface area contributed by atoms with Crippen molar-refractivity contribution in [3.8, 4) is 0 Å². The molecule has 0 aromatic rings. The molecule has 0 aromatic heterocycles. The van der Waals surface area contributed by atoms with Gasteiger partial charge in [-0.15, -0.1) is 10.6 Å². The van der Waals surface area contributed by atoms with E-state index < -0.39 is 0 Å². The Balaban J connectivity index is 0. The van der Waals surface area contributed by atoms with Crippen LogP contribution in [-0.2, 0) is 0 Å². The van der Waals surface area contributed by atoms with Gasteiger partial charge in [0.15, 0.2) is 15.2 Å². The zero-order valence-electron chi connectivity index (χ0n) is 9.65. The van der Waals surface area contributed by atoms with E-state index in [1.54, 1.807) is 10.6 Å². The normalized spacial score (nSPS) is 10.3. The molecule has 79 valence electrons. The summed E-state index contributed by atoms with van der Waals surface area (Å²) in [4.78, 5) is 0. The molecule has 0 N–H and O–H groups in total. The molecule has 0 nitrogen and oxygen atoms in total. The summed E-state index contributed by atoms with van der Waals surface area (Å²) in [5.74, 6) is 0. The zero-order chi connectivity index (χ0) is 9.78. The van der Waals surface area contributed by atoms with Gasteiger partial charge in [-0.3, -0.25) is 0 Å². The molecular weight excluding hydrogens is 171 g/mol. The molecule has 0 aromatic carbocycles. The van der Waals surface area contributed by atoms with E-state index in [2.05, 4.69) is 13.8 Å². The van der Waals surface area contributed by atoms with Gasteiger partial charge in [0.2, 0.25) is 0 Å². The minimum atomic E-state index is 0. The van der Waals surface area contributed by atoms with Crippen LogP contribution in [0.5, 0.6) is 0 Å². The highest BCUT2D eigenvalue weighted by Crippen LogP contribution is 2.06. The summed E-state index contributed by atoms with van der Waals surface area (Å²) in [6.07, 6.45) is 11.7. The van der Waals surface area contributed by atoms with Crippen LogP contribution < -0.4 is 0 Å². The van der Waals surface area contributed by atoms with Crippen LogP contribution in [0.2, 0.25) is 10.6 Å². The summed E-state index contributed by atoms with van der Waals surface area (Å²) in [5, 5.41) is 3.12. The predicted octanol–water partition coefficient (Wildman–Crippen LogP) is 4.93. The Morgan fingerprint density at radius 3 is 1.54 bits per heavy atom. The molecule has 0 spiro atoms. The van der Waals surface area contributed by atoms with E-state index in [1.807, 2.05) is 0 Å². The van der Waals surface area contributed by atoms with Gasteiger partial charge in [0.1, 0.15) is 0 Å². The van der Waals surface area contributed by atoms with Gasteiger partial charge in [-0.1, -0.05) is 65.2 Å². The maximum atomic E-state index is 2.29. The van der Waals surface area contributed by atoms with Crippen LogP contribution in [0.1, 0.15) is 66.6 Å². The van der Waals surface area contributed by atoms with Crippen LogP contribution in [0.25, 0.3) is 0 Å². The monoisotopic (exact) mass is 199 g/mol. The second kappa shape index (κ2) is 12.5. The Kier molecular flexibility index (Phi) is 13.0. The SMILES string of the molecule is CCCCC[CH2][Al][CH2]CCCCC.[HH]. The average molecular weight is 199 g/mol. The molecule has 0 unspecified atom stereocenters. The van der Waals surface area contributed by atoms with Gasteiger partial charge in [0.05, 0.1) is 0 Å². The van der Waals surface area contributed by atoms with E-state index in [4.69, 9.17) is 0 Å². The highest BCUT2D eigenvalue weighted by molar-refractivity contribution is 6.35. The average Bonchev–Trinajstić information content (AvgIpc) is 2.16. The summed E-state index contributed by atoms with van der Waals surface area (Å²) >= 11 is 0.805. The molecule has 0 fully saturated rings. The third-order valence-corrected chi connectivity index (χ3v) is 4.16. The standard InChI is InChI=1S/2C6H13.Al.H2/c2*1-3-5-6-4-2;;/h2*1,3-6H2,2H3;;1H. The molecule has 0 saturated heterocycles. The molecule has 0 atom stereocenters. The lowest BCUT2D eigenvalue weighted by atomic mass is 10.2. The maximum Gasteiger partial charge on any atom is 0.199 e. The lowest BCUT2D eigenvalue weighted by Crippen LogP contribution is -1.89. The third kappa shape index (κ3) is 12.5. The van der Waals surface area contributed by atoms with Crippen molar-refractivity contribution < 1.29 is 1.43 Å². The fourth-order valence-electron chi connectivity index (χ4n) is 1.58. The van der Waals surface area contributed by atoms with Crippen LogP contribution in [0.4, 0.5) is 0 Å². The van der Waals surface area contributed by atoms with Crippen molar-refractivity contribution >= 4 is 15.2 Å². The molecule has 0 amide bonds. The first kappa shape index (κ1) is 13.5. The van der Waals surface area contributed by atoms with Crippen molar-refractivity contribution in [2.75, 3.05) is 0 Å². The Morgan fingerprint density at radius 2 is 1.15 bits per heavy atom. The topological polar surface area (TPSA) is 0 Å². The summed E-state index contributed by atoms with van der Waals surface area (Å²) < 4.78 is 0. The molecule has 0 aliphatic rings. The van der Waals surface area contributed by atoms with Crippen LogP contribution in [-0.4, -0.2) is 15.2 Å². The van der Waals surface area contributed by atoms with Gasteiger partial charge in [0.25, 0.3) is 0 Å². The minimum Gasteiger partial charge on any atom is -0.104 e. The second-order valence-corrected chi connectivity index (χ2v) is 5.72. The van der Waals surface area contributed by atoms with E-state index in [-0.39, 0.29) is 1.43 Å². The quantitative estimate of drug-likeness (QED) is 0.345. The van der Waals surface area contributed by atoms with Crippen molar-refractivity contribution in [1.29, 1.82) is 0 Å². The lowest BCUT2D eigenvalue weighted by molar-refractivity contribution is 0.689. The fourth-order valence-corrected chi connectivity index (χ4v) is 3.02. The van der Waals surface area contributed by atoms with Gasteiger partial charge < -0.3 is 0 Å². The van der Waals surface area contributed by atoms with Crippen molar-refractivity contribution in [2.24, 2.45) is 0 Å². The fraction of sp³-hybridized carbons (Fsp3) is 1.00. The van der Waals surface area contributed by atoms with Gasteiger partial charge in [-0.05, 0) is 0 Å². The van der Waals surface area contributed by atoms with Crippen molar-refractivity contribution in [3.05, 3.63) is 0 Å². The molecule has 0 heterocycles. The molecule has 0 aliphatic heterocycles. The van der Waals surface area contributed by atoms with Crippen molar-refractivity contribution in [2.45, 2.75) is 75.8 Å². The van der Waals surface area contributed by atoms with Gasteiger partial charge in [0, 0.05) is 1.43 Å². The summed E-state index contributed by atoms with van der Waals surface area (Å²) in [7, 11) is 0. The number of hydrogen-bond acceptors (Lipinski definition) is 0. The highest BCUT2D eigenvalue weighted by atomic mass is 27.1. The Hall–Kier alpha value is 0.532. The predicted molar refractivity (Wildman–Crippen MR) is 65.8 cm³/mol. The van der Waals surface area contributed by atoms with Crippen LogP contribution in [0.3, 0.4) is 0 Å². The van der Waals surface area contributed by atoms with Crippen molar-refractivity contribution in [1.82, 2.24) is 0 Å². The summed E-state index contributed by atoms with van der Waals surface area (Å²) in [6, 6.07) is 0. The lowest BCUT2D eigenvalue weighted by Gasteiger charge is -1.99. The zero-order valence-corrected chi connectivity index (χ0v) is 10.8. The first-order valence-corrected chi connectivity index (χ1v) is 7.86. The summed E-state index contributed by atoms with van der Waals surface area (Å²) in [6.45, 7) is 4.58. The van der Waals surface area contributed by atoms with E-state index in [0.29, 0.717) is 0 Å². The molecule has 0 rings (SSSR count). The second-order valence-electron chi connectivity index (χ2n) is 3.99. The molecular formula is C12H28Al. The molecule has 0 bridgehead atoms. The Bertz CT molecular complexity index is 76.4. The van der Waals surface area contributed by atoms with E-state index >= 15 is 0 Å². The number of unbranched alkanes of at least 4 members (excludes halogenated alkanes) is 6. The largest absolute Gasteiger partial charge is 0.199 e. The van der Waals surface area contributed by atoms with E-state index in [9.17, 15) is 0 Å². The van der Waals surface area contributed by atoms with Crippen molar-refractivity contribution in [3.63, 3.8) is 0 Å². The van der Waals surface area contributed by atoms with Crippen LogP contribution >= 0.6 is 0 Å². The van der Waals surface area contributed by atoms with Crippen LogP contribution in [0.15, 0.2) is 0 Å². The van der Waals surface area contributed by atoms with Gasteiger partial charge in [-0.25, -0.2) is 0 Å². The molecule has 0 aliphatic carbocycles. The Labute approximate surface area is 92.7 Å². The van der Waals surface area contributed by atoms with Crippen LogP contribution in [0, 0.1) is 0 Å². The molecule has 13 heavy (non-hydrogen) atoms. The smallest absolute Gasteiger partial charge is 0.104 e. The first-order chi connectivity index (χ1) is 6.41. The van der Waals surface area contributed by atoms with Gasteiger partial charge >= 0.3 is 0 Å². The molecule has 1 heteroatoms. The number of rotatable bonds is 10. The maximum absolute atomic E-state index is 2.29. The Morgan fingerprint density at radius 1 is 0.692 bits per heavy atom. The first-order valence-electron chi connectivity index (χ1n) is 6.23. The van der Waals surface area contributed by atoms with Gasteiger partial charge in [-0.2, -0.15) is 0 Å². The summed E-state index contributed by atoms with van der Waals surface area (Å²) in [5.41, 5.74) is 0. The highest BCUT2D eigenvalue weighted by Gasteiger charge is 1.93. The van der Waals surface area contributed by atoms with E-state index in [0.717, 1.165) is 15.2 Å².